The Balaban J connectivity index is 1.43. The molecule has 0 unspecified atom stereocenters. The van der Waals surface area contributed by atoms with Gasteiger partial charge in [-0.1, -0.05) is 36.4 Å². The van der Waals surface area contributed by atoms with Crippen molar-refractivity contribution >= 4 is 17.9 Å². The number of carbonyl (C=O) groups excluding carboxylic acids is 2. The number of nitrogens with zero attached hydrogens (tertiary/aromatic N) is 1. The predicted octanol–water partition coefficient (Wildman–Crippen LogP) is 3.47. The first-order valence-corrected chi connectivity index (χ1v) is 9.72. The molecule has 0 aliphatic heterocycles. The number of ether oxygens (including phenoxy) is 2. The molecule has 0 spiro atoms. The van der Waals surface area contributed by atoms with Gasteiger partial charge in [-0.05, 0) is 59.2 Å². The zero-order valence-electron chi connectivity index (χ0n) is 17.4. The molecule has 0 saturated carbocycles. The van der Waals surface area contributed by atoms with Crippen LogP contribution in [0.5, 0.6) is 11.5 Å². The summed E-state index contributed by atoms with van der Waals surface area (Å²) < 4.78 is 10.6. The lowest BCUT2D eigenvalue weighted by Crippen LogP contribution is -2.43. The highest BCUT2D eigenvalue weighted by Gasteiger charge is 2.05. The van der Waals surface area contributed by atoms with Crippen molar-refractivity contribution in [1.29, 1.82) is 5.26 Å². The number of nitrogens with one attached hydrogen (secondary N) is 2. The van der Waals surface area contributed by atoms with Crippen molar-refractivity contribution in [2.45, 2.75) is 0 Å². The number of hydrogen-bond donors (Lipinski definition) is 2. The molecule has 3 aromatic rings. The second-order valence-corrected chi connectivity index (χ2v) is 6.65. The van der Waals surface area contributed by atoms with Gasteiger partial charge in [0.05, 0.1) is 18.7 Å². The highest BCUT2D eigenvalue weighted by molar-refractivity contribution is 5.93. The van der Waals surface area contributed by atoms with Crippen molar-refractivity contribution in [3.05, 3.63) is 90.0 Å². The normalized spacial score (nSPS) is 10.2. The highest BCUT2D eigenvalue weighted by atomic mass is 16.5. The molecule has 3 aromatic carbocycles. The number of hydrogen-bond acceptors (Lipinski definition) is 5. The Kier molecular flexibility index (Phi) is 7.60. The largest absolute Gasteiger partial charge is 0.497 e. The topological polar surface area (TPSA) is 100 Å². The summed E-state index contributed by atoms with van der Waals surface area (Å²) in [4.78, 5) is 23.8. The molecule has 160 valence electrons. The molecule has 0 radical (unpaired) electrons. The van der Waals surface area contributed by atoms with Crippen molar-refractivity contribution < 1.29 is 19.1 Å². The lowest BCUT2D eigenvalue weighted by Gasteiger charge is -2.08. The molecule has 7 nitrogen and oxygen atoms in total. The monoisotopic (exact) mass is 427 g/mol. The van der Waals surface area contributed by atoms with Crippen LogP contribution < -0.4 is 20.3 Å². The van der Waals surface area contributed by atoms with E-state index in [4.69, 9.17) is 14.7 Å². The summed E-state index contributed by atoms with van der Waals surface area (Å²) in [5, 5.41) is 8.87. The molecule has 2 N–H and O–H groups in total. The van der Waals surface area contributed by atoms with Crippen LogP contribution in [0.15, 0.2) is 78.9 Å². The predicted molar refractivity (Wildman–Crippen MR) is 120 cm³/mol. The van der Waals surface area contributed by atoms with E-state index in [9.17, 15) is 9.59 Å². The molecule has 7 heteroatoms. The molecule has 2 amide bonds. The summed E-state index contributed by atoms with van der Waals surface area (Å²) >= 11 is 0. The quantitative estimate of drug-likeness (QED) is 0.444. The van der Waals surface area contributed by atoms with Crippen molar-refractivity contribution in [1.82, 2.24) is 10.9 Å². The summed E-state index contributed by atoms with van der Waals surface area (Å²) in [5.74, 6) is 0.224. The standard InChI is InChI=1S/C25H21N3O4/c1-31-23-4-2-3-18(15-23)7-14-24(29)27-28-25(30)17-32-22-12-10-21(11-13-22)20-8-5-19(16-26)6-9-20/h2-15H,17H2,1H3,(H,27,29)(H,28,30)/b14-7+. The van der Waals surface area contributed by atoms with Gasteiger partial charge in [0.15, 0.2) is 6.61 Å². The van der Waals surface area contributed by atoms with Crippen LogP contribution in [0, 0.1) is 11.3 Å². The number of methoxy groups -OCH3 is 1. The Labute approximate surface area is 185 Å². The van der Waals surface area contributed by atoms with E-state index >= 15 is 0 Å². The van der Waals surface area contributed by atoms with Crippen LogP contribution >= 0.6 is 0 Å². The maximum atomic E-state index is 11.9. The van der Waals surface area contributed by atoms with Crippen LogP contribution in [0.3, 0.4) is 0 Å². The van der Waals surface area contributed by atoms with Gasteiger partial charge in [-0.3, -0.25) is 20.4 Å². The first kappa shape index (κ1) is 22.1. The molecule has 0 saturated heterocycles. The van der Waals surface area contributed by atoms with E-state index in [-0.39, 0.29) is 6.61 Å². The van der Waals surface area contributed by atoms with E-state index in [1.807, 2.05) is 36.4 Å². The van der Waals surface area contributed by atoms with Gasteiger partial charge in [0.1, 0.15) is 11.5 Å². The third-order valence-electron chi connectivity index (χ3n) is 4.42. The first-order valence-electron chi connectivity index (χ1n) is 9.72. The van der Waals surface area contributed by atoms with Gasteiger partial charge in [0.25, 0.3) is 11.8 Å². The number of nitriles is 1. The first-order chi connectivity index (χ1) is 15.6. The summed E-state index contributed by atoms with van der Waals surface area (Å²) in [5.41, 5.74) is 7.91. The Bertz CT molecular complexity index is 1150. The van der Waals surface area contributed by atoms with Gasteiger partial charge < -0.3 is 9.47 Å². The number of amides is 2. The molecule has 0 aliphatic carbocycles. The minimum atomic E-state index is -0.496. The summed E-state index contributed by atoms with van der Waals surface area (Å²) in [6, 6.07) is 23.8. The fourth-order valence-corrected chi connectivity index (χ4v) is 2.76. The van der Waals surface area contributed by atoms with E-state index in [0.29, 0.717) is 17.1 Å². The van der Waals surface area contributed by atoms with Crippen molar-refractivity contribution in [2.75, 3.05) is 13.7 Å². The molecule has 3 rings (SSSR count). The Morgan fingerprint density at radius 1 is 0.938 bits per heavy atom. The van der Waals surface area contributed by atoms with E-state index in [1.165, 1.54) is 6.08 Å². The molecular formula is C25H21N3O4. The molecule has 0 fully saturated rings. The third-order valence-corrected chi connectivity index (χ3v) is 4.42. The Hall–Kier alpha value is -4.57. The number of carbonyl (C=O) groups is 2. The average molecular weight is 427 g/mol. The van der Waals surface area contributed by atoms with Gasteiger partial charge in [-0.25, -0.2) is 0 Å². The van der Waals surface area contributed by atoms with Gasteiger partial charge >= 0.3 is 0 Å². The SMILES string of the molecule is COc1cccc(/C=C/C(=O)NNC(=O)COc2ccc(-c3ccc(C#N)cc3)cc2)c1. The zero-order valence-corrected chi connectivity index (χ0v) is 17.4. The molecule has 0 atom stereocenters. The zero-order chi connectivity index (χ0) is 22.8. The number of rotatable bonds is 7. The van der Waals surface area contributed by atoms with Crippen LogP contribution in [-0.4, -0.2) is 25.5 Å². The fraction of sp³-hybridized carbons (Fsp3) is 0.0800. The highest BCUT2D eigenvalue weighted by Crippen LogP contribution is 2.22. The van der Waals surface area contributed by atoms with E-state index in [1.54, 1.807) is 49.6 Å². The van der Waals surface area contributed by atoms with Crippen LogP contribution in [-0.2, 0) is 9.59 Å². The number of benzene rings is 3. The molecule has 0 heterocycles. The van der Waals surface area contributed by atoms with Gasteiger partial charge in [-0.15, -0.1) is 0 Å². The van der Waals surface area contributed by atoms with E-state index in [2.05, 4.69) is 16.9 Å². The average Bonchev–Trinajstić information content (AvgIpc) is 2.85. The molecule has 32 heavy (non-hydrogen) atoms. The summed E-state index contributed by atoms with van der Waals surface area (Å²) in [6.45, 7) is -0.254. The van der Waals surface area contributed by atoms with Crippen LogP contribution in [0.25, 0.3) is 17.2 Å². The fourth-order valence-electron chi connectivity index (χ4n) is 2.76. The van der Waals surface area contributed by atoms with Crippen molar-refractivity contribution in [3.8, 4) is 28.7 Å². The van der Waals surface area contributed by atoms with Crippen molar-refractivity contribution in [3.63, 3.8) is 0 Å². The van der Waals surface area contributed by atoms with E-state index in [0.717, 1.165) is 16.7 Å². The smallest absolute Gasteiger partial charge is 0.276 e. The Morgan fingerprint density at radius 3 is 2.28 bits per heavy atom. The van der Waals surface area contributed by atoms with Gasteiger partial charge in [-0.2, -0.15) is 5.26 Å². The molecule has 0 bridgehead atoms. The lowest BCUT2D eigenvalue weighted by molar-refractivity contribution is -0.128. The summed E-state index contributed by atoms with van der Waals surface area (Å²) in [6.07, 6.45) is 2.91. The van der Waals surface area contributed by atoms with Gasteiger partial charge in [0, 0.05) is 6.08 Å². The minimum Gasteiger partial charge on any atom is -0.497 e. The Morgan fingerprint density at radius 2 is 1.62 bits per heavy atom. The van der Waals surface area contributed by atoms with E-state index < -0.39 is 11.8 Å². The van der Waals surface area contributed by atoms with Crippen LogP contribution in [0.2, 0.25) is 0 Å². The second-order valence-electron chi connectivity index (χ2n) is 6.65. The van der Waals surface area contributed by atoms with Gasteiger partial charge in [0.2, 0.25) is 0 Å². The minimum absolute atomic E-state index is 0.254. The molecular weight excluding hydrogens is 406 g/mol. The lowest BCUT2D eigenvalue weighted by atomic mass is 10.0. The van der Waals surface area contributed by atoms with Crippen molar-refractivity contribution in [2.24, 2.45) is 0 Å². The molecule has 0 aliphatic rings. The maximum Gasteiger partial charge on any atom is 0.276 e. The van der Waals surface area contributed by atoms with Crippen LogP contribution in [0.1, 0.15) is 11.1 Å². The maximum absolute atomic E-state index is 11.9. The summed E-state index contributed by atoms with van der Waals surface area (Å²) in [7, 11) is 1.57. The number of hydrazine groups is 1. The van der Waals surface area contributed by atoms with Crippen LogP contribution in [0.4, 0.5) is 0 Å². The molecule has 0 aromatic heterocycles. The third kappa shape index (κ3) is 6.47. The second kappa shape index (κ2) is 11.0.